The van der Waals surface area contributed by atoms with Gasteiger partial charge in [0, 0.05) is 25.0 Å². The fourth-order valence-corrected chi connectivity index (χ4v) is 1.75. The molecule has 0 radical (unpaired) electrons. The Bertz CT molecular complexity index is 374. The SMILES string of the molecule is CC1=CCN(c2ccnc(CO)c2)CC1. The fraction of sp³-hybridized carbons (Fsp3) is 0.417. The molecule has 2 rings (SSSR count). The third-order valence-electron chi connectivity index (χ3n) is 2.76. The predicted octanol–water partition coefficient (Wildman–Crippen LogP) is 1.73. The minimum absolute atomic E-state index is 0.0105. The van der Waals surface area contributed by atoms with Crippen molar-refractivity contribution in [2.45, 2.75) is 20.0 Å². The third-order valence-corrected chi connectivity index (χ3v) is 2.76. The number of aliphatic hydroxyl groups is 1. The first-order valence-electron chi connectivity index (χ1n) is 5.26. The monoisotopic (exact) mass is 204 g/mol. The largest absolute Gasteiger partial charge is 0.390 e. The molecule has 1 aromatic rings. The summed E-state index contributed by atoms with van der Waals surface area (Å²) >= 11 is 0. The Balaban J connectivity index is 2.16. The molecule has 1 aliphatic rings. The van der Waals surface area contributed by atoms with Crippen LogP contribution in [0.2, 0.25) is 0 Å². The molecule has 0 saturated carbocycles. The van der Waals surface area contributed by atoms with E-state index in [0.717, 1.165) is 30.9 Å². The quantitative estimate of drug-likeness (QED) is 0.745. The summed E-state index contributed by atoms with van der Waals surface area (Å²) in [5.41, 5.74) is 3.35. The van der Waals surface area contributed by atoms with Crippen molar-refractivity contribution in [3.8, 4) is 0 Å². The van der Waals surface area contributed by atoms with E-state index in [4.69, 9.17) is 5.11 Å². The van der Waals surface area contributed by atoms with Gasteiger partial charge in [0.2, 0.25) is 0 Å². The van der Waals surface area contributed by atoms with Crippen molar-refractivity contribution in [2.75, 3.05) is 18.0 Å². The van der Waals surface area contributed by atoms with E-state index in [1.54, 1.807) is 6.20 Å². The molecule has 2 heterocycles. The van der Waals surface area contributed by atoms with E-state index < -0.39 is 0 Å². The van der Waals surface area contributed by atoms with E-state index in [2.05, 4.69) is 22.9 Å². The molecule has 0 saturated heterocycles. The van der Waals surface area contributed by atoms with Gasteiger partial charge in [-0.25, -0.2) is 0 Å². The topological polar surface area (TPSA) is 36.4 Å². The highest BCUT2D eigenvalue weighted by Crippen LogP contribution is 2.19. The highest BCUT2D eigenvalue weighted by molar-refractivity contribution is 5.48. The molecule has 1 N–H and O–H groups in total. The van der Waals surface area contributed by atoms with E-state index in [1.807, 2.05) is 12.1 Å². The van der Waals surface area contributed by atoms with Gasteiger partial charge in [-0.15, -0.1) is 0 Å². The van der Waals surface area contributed by atoms with Crippen LogP contribution in [0.3, 0.4) is 0 Å². The molecule has 0 aromatic carbocycles. The van der Waals surface area contributed by atoms with Crippen molar-refractivity contribution in [1.82, 2.24) is 4.98 Å². The van der Waals surface area contributed by atoms with Gasteiger partial charge in [-0.1, -0.05) is 11.6 Å². The lowest BCUT2D eigenvalue weighted by molar-refractivity contribution is 0.277. The zero-order valence-electron chi connectivity index (χ0n) is 8.98. The maximum absolute atomic E-state index is 9.01. The van der Waals surface area contributed by atoms with E-state index in [-0.39, 0.29) is 6.61 Å². The van der Waals surface area contributed by atoms with Crippen LogP contribution in [0.25, 0.3) is 0 Å². The first-order valence-corrected chi connectivity index (χ1v) is 5.26. The Kier molecular flexibility index (Phi) is 3.02. The van der Waals surface area contributed by atoms with Crippen LogP contribution in [-0.2, 0) is 6.61 Å². The third kappa shape index (κ3) is 2.36. The average Bonchev–Trinajstić information content (AvgIpc) is 2.30. The van der Waals surface area contributed by atoms with Crippen LogP contribution in [0.5, 0.6) is 0 Å². The van der Waals surface area contributed by atoms with Gasteiger partial charge in [0.25, 0.3) is 0 Å². The maximum atomic E-state index is 9.01. The standard InChI is InChI=1S/C12H16N2O/c1-10-3-6-14(7-4-10)12-2-5-13-11(8-12)9-15/h2-3,5,8,15H,4,6-7,9H2,1H3. The van der Waals surface area contributed by atoms with Crippen molar-refractivity contribution in [1.29, 1.82) is 0 Å². The summed E-state index contributed by atoms with van der Waals surface area (Å²) in [4.78, 5) is 6.38. The second-order valence-corrected chi connectivity index (χ2v) is 3.91. The Labute approximate surface area is 90.1 Å². The van der Waals surface area contributed by atoms with Crippen molar-refractivity contribution in [3.63, 3.8) is 0 Å². The number of aromatic nitrogens is 1. The van der Waals surface area contributed by atoms with Crippen molar-refractivity contribution < 1.29 is 5.11 Å². The molecule has 0 aliphatic carbocycles. The molecule has 0 atom stereocenters. The van der Waals surface area contributed by atoms with Crippen LogP contribution in [0.15, 0.2) is 30.0 Å². The van der Waals surface area contributed by atoms with Gasteiger partial charge in [-0.2, -0.15) is 0 Å². The smallest absolute Gasteiger partial charge is 0.0853 e. The molecule has 0 unspecified atom stereocenters. The zero-order valence-corrected chi connectivity index (χ0v) is 8.98. The minimum atomic E-state index is 0.0105. The lowest BCUT2D eigenvalue weighted by Gasteiger charge is -2.27. The number of hydrogen-bond acceptors (Lipinski definition) is 3. The fourth-order valence-electron chi connectivity index (χ4n) is 1.75. The summed E-state index contributed by atoms with van der Waals surface area (Å²) in [6.07, 6.45) is 5.13. The normalized spacial score (nSPS) is 16.4. The van der Waals surface area contributed by atoms with Crippen LogP contribution < -0.4 is 4.90 Å². The molecule has 3 nitrogen and oxygen atoms in total. The summed E-state index contributed by atoms with van der Waals surface area (Å²) in [5, 5.41) is 9.01. The summed E-state index contributed by atoms with van der Waals surface area (Å²) in [6, 6.07) is 3.95. The molecular weight excluding hydrogens is 188 g/mol. The minimum Gasteiger partial charge on any atom is -0.390 e. The highest BCUT2D eigenvalue weighted by Gasteiger charge is 2.10. The number of nitrogens with zero attached hydrogens (tertiary/aromatic N) is 2. The first-order chi connectivity index (χ1) is 7.29. The van der Waals surface area contributed by atoms with Gasteiger partial charge in [-0.3, -0.25) is 4.98 Å². The van der Waals surface area contributed by atoms with Crippen LogP contribution in [0.4, 0.5) is 5.69 Å². The van der Waals surface area contributed by atoms with Crippen LogP contribution >= 0.6 is 0 Å². The maximum Gasteiger partial charge on any atom is 0.0853 e. The van der Waals surface area contributed by atoms with Gasteiger partial charge in [-0.05, 0) is 25.5 Å². The Morgan fingerprint density at radius 2 is 2.40 bits per heavy atom. The molecule has 1 aliphatic heterocycles. The van der Waals surface area contributed by atoms with E-state index in [9.17, 15) is 0 Å². The van der Waals surface area contributed by atoms with Crippen molar-refractivity contribution >= 4 is 5.69 Å². The van der Waals surface area contributed by atoms with Gasteiger partial charge in [0.15, 0.2) is 0 Å². The van der Waals surface area contributed by atoms with Gasteiger partial charge < -0.3 is 10.0 Å². The van der Waals surface area contributed by atoms with Crippen LogP contribution in [0.1, 0.15) is 19.0 Å². The first kappa shape index (κ1) is 10.2. The second kappa shape index (κ2) is 4.45. The predicted molar refractivity (Wildman–Crippen MR) is 60.7 cm³/mol. The van der Waals surface area contributed by atoms with Crippen molar-refractivity contribution in [2.24, 2.45) is 0 Å². The number of aliphatic hydroxyl groups excluding tert-OH is 1. The molecule has 0 fully saturated rings. The Morgan fingerprint density at radius 3 is 3.07 bits per heavy atom. The molecule has 15 heavy (non-hydrogen) atoms. The van der Waals surface area contributed by atoms with Crippen LogP contribution in [-0.4, -0.2) is 23.2 Å². The molecule has 0 amide bonds. The van der Waals surface area contributed by atoms with Crippen LogP contribution in [0, 0.1) is 0 Å². The number of rotatable bonds is 2. The number of hydrogen-bond donors (Lipinski definition) is 1. The van der Waals surface area contributed by atoms with Gasteiger partial charge in [0.1, 0.15) is 0 Å². The number of pyridine rings is 1. The highest BCUT2D eigenvalue weighted by atomic mass is 16.3. The molecule has 3 heteroatoms. The summed E-state index contributed by atoms with van der Waals surface area (Å²) in [6.45, 7) is 4.19. The second-order valence-electron chi connectivity index (χ2n) is 3.91. The molecule has 0 spiro atoms. The van der Waals surface area contributed by atoms with Gasteiger partial charge in [0.05, 0.1) is 12.3 Å². The van der Waals surface area contributed by atoms with E-state index in [0.29, 0.717) is 0 Å². The van der Waals surface area contributed by atoms with E-state index in [1.165, 1.54) is 5.57 Å². The summed E-state index contributed by atoms with van der Waals surface area (Å²) in [5.74, 6) is 0. The van der Waals surface area contributed by atoms with Gasteiger partial charge >= 0.3 is 0 Å². The summed E-state index contributed by atoms with van der Waals surface area (Å²) < 4.78 is 0. The average molecular weight is 204 g/mol. The van der Waals surface area contributed by atoms with E-state index >= 15 is 0 Å². The Morgan fingerprint density at radius 1 is 1.53 bits per heavy atom. The molecular formula is C12H16N2O. The zero-order chi connectivity index (χ0) is 10.7. The molecule has 0 bridgehead atoms. The van der Waals surface area contributed by atoms with Crippen molar-refractivity contribution in [3.05, 3.63) is 35.7 Å². The lowest BCUT2D eigenvalue weighted by Crippen LogP contribution is -2.28. The Hall–Kier alpha value is -1.35. The number of anilines is 1. The molecule has 80 valence electrons. The molecule has 1 aromatic heterocycles. The lowest BCUT2D eigenvalue weighted by atomic mass is 10.1. The summed E-state index contributed by atoms with van der Waals surface area (Å²) in [7, 11) is 0.